The summed E-state index contributed by atoms with van der Waals surface area (Å²) in [6.45, 7) is 10.1. The van der Waals surface area contributed by atoms with Gasteiger partial charge in [-0.05, 0) is 32.0 Å². The van der Waals surface area contributed by atoms with Crippen LogP contribution in [0.15, 0.2) is 23.1 Å². The first-order valence-corrected chi connectivity index (χ1v) is 11.5. The molecule has 3 rings (SSSR count). The number of rotatable bonds is 5. The van der Waals surface area contributed by atoms with Crippen LogP contribution in [0, 0.1) is 0 Å². The van der Waals surface area contributed by atoms with Gasteiger partial charge in [-0.1, -0.05) is 20.8 Å². The quantitative estimate of drug-likeness (QED) is 0.764. The van der Waals surface area contributed by atoms with E-state index in [0.717, 1.165) is 11.3 Å². The Morgan fingerprint density at radius 1 is 1.17 bits per heavy atom. The lowest BCUT2D eigenvalue weighted by atomic mass is 9.92. The second-order valence-corrected chi connectivity index (χ2v) is 12.3. The van der Waals surface area contributed by atoms with Gasteiger partial charge < -0.3 is 19.5 Å². The molecule has 0 atom stereocenters. The third-order valence-corrected chi connectivity index (χ3v) is 8.14. The van der Waals surface area contributed by atoms with Gasteiger partial charge in [-0.2, -0.15) is 0 Å². The van der Waals surface area contributed by atoms with Crippen molar-refractivity contribution in [3.05, 3.63) is 24.0 Å². The van der Waals surface area contributed by atoms with E-state index in [2.05, 4.69) is 0 Å². The lowest BCUT2D eigenvalue weighted by molar-refractivity contribution is -0.0728. The number of hydrogen-bond donors (Lipinski definition) is 2. The third-order valence-electron chi connectivity index (χ3n) is 5.69. The molecule has 1 fully saturated rings. The highest BCUT2D eigenvalue weighted by molar-refractivity contribution is 7.92. The molecule has 0 aliphatic carbocycles. The van der Waals surface area contributed by atoms with E-state index in [0.29, 0.717) is 38.1 Å². The monoisotopic (exact) mass is 424 g/mol. The number of aliphatic hydroxyl groups is 2. The van der Waals surface area contributed by atoms with Crippen LogP contribution in [0.4, 0.5) is 0 Å². The number of sulfone groups is 1. The fourth-order valence-electron chi connectivity index (χ4n) is 3.62. The Labute approximate surface area is 172 Å². The number of hydrogen-bond acceptors (Lipinski definition) is 6. The minimum Gasteiger partial charge on any atom is -0.395 e. The second-order valence-electron chi connectivity index (χ2n) is 9.68. The second kappa shape index (κ2) is 7.34. The Morgan fingerprint density at radius 3 is 2.34 bits per heavy atom. The van der Waals surface area contributed by atoms with Crippen LogP contribution in [0.3, 0.4) is 0 Å². The van der Waals surface area contributed by atoms with Gasteiger partial charge in [0.15, 0.2) is 9.84 Å². The maximum atomic E-state index is 12.9. The number of benzene rings is 1. The summed E-state index contributed by atoms with van der Waals surface area (Å²) in [5.41, 5.74) is 0.190. The zero-order valence-electron chi connectivity index (χ0n) is 17.9. The lowest BCUT2D eigenvalue weighted by Gasteiger charge is -2.34. The first-order chi connectivity index (χ1) is 13.3. The first-order valence-electron chi connectivity index (χ1n) is 9.97. The SMILES string of the molecule is CC(C)(C)c1nc2cc(S(=O)(=O)C(C)(C)CO)ccc2n1CC1(O)CCOCC1. The molecule has 2 heterocycles. The topological polar surface area (TPSA) is 102 Å². The fraction of sp³-hybridized carbons (Fsp3) is 0.667. The molecule has 0 radical (unpaired) electrons. The summed E-state index contributed by atoms with van der Waals surface area (Å²) < 4.78 is 32.0. The molecule has 0 saturated carbocycles. The van der Waals surface area contributed by atoms with Crippen LogP contribution in [0.5, 0.6) is 0 Å². The fourth-order valence-corrected chi connectivity index (χ4v) is 4.94. The largest absolute Gasteiger partial charge is 0.395 e. The number of aromatic nitrogens is 2. The summed E-state index contributed by atoms with van der Waals surface area (Å²) in [4.78, 5) is 4.89. The molecule has 0 bridgehead atoms. The van der Waals surface area contributed by atoms with E-state index in [9.17, 15) is 18.6 Å². The van der Waals surface area contributed by atoms with Crippen LogP contribution < -0.4 is 0 Å². The molecule has 7 nitrogen and oxygen atoms in total. The summed E-state index contributed by atoms with van der Waals surface area (Å²) in [5, 5.41) is 20.6. The zero-order chi connectivity index (χ0) is 21.7. The van der Waals surface area contributed by atoms with Crippen molar-refractivity contribution >= 4 is 20.9 Å². The molecule has 1 aliphatic rings. The van der Waals surface area contributed by atoms with Crippen molar-refractivity contribution < 1.29 is 23.4 Å². The van der Waals surface area contributed by atoms with Crippen LogP contribution in [-0.4, -0.2) is 58.4 Å². The van der Waals surface area contributed by atoms with Gasteiger partial charge in [-0.25, -0.2) is 13.4 Å². The molecule has 8 heteroatoms. The predicted molar refractivity (Wildman–Crippen MR) is 112 cm³/mol. The molecule has 1 aromatic carbocycles. The van der Waals surface area contributed by atoms with Crippen molar-refractivity contribution in [2.45, 2.75) is 74.7 Å². The van der Waals surface area contributed by atoms with E-state index >= 15 is 0 Å². The van der Waals surface area contributed by atoms with Crippen molar-refractivity contribution in [1.82, 2.24) is 9.55 Å². The minimum absolute atomic E-state index is 0.138. The molecule has 1 aromatic heterocycles. The summed E-state index contributed by atoms with van der Waals surface area (Å²) in [6.07, 6.45) is 1.10. The van der Waals surface area contributed by atoms with Gasteiger partial charge in [0.1, 0.15) is 5.82 Å². The van der Waals surface area contributed by atoms with E-state index in [1.807, 2.05) is 25.3 Å². The number of nitrogens with zero attached hydrogens (tertiary/aromatic N) is 2. The standard InChI is InChI=1S/C21H32N2O5S/c1-19(2,3)18-22-16-12-15(29(26,27)20(4,5)14-24)6-7-17(16)23(18)13-21(25)8-10-28-11-9-21/h6-7,12,24-25H,8-11,13-14H2,1-5H3. The Bertz CT molecular complexity index is 996. The van der Waals surface area contributed by atoms with Crippen molar-refractivity contribution in [3.8, 4) is 0 Å². The van der Waals surface area contributed by atoms with Crippen molar-refractivity contribution in [2.75, 3.05) is 19.8 Å². The maximum absolute atomic E-state index is 12.9. The Hall–Kier alpha value is -1.48. The molecule has 2 N–H and O–H groups in total. The highest BCUT2D eigenvalue weighted by Gasteiger charge is 2.37. The summed E-state index contributed by atoms with van der Waals surface area (Å²) >= 11 is 0. The van der Waals surface area contributed by atoms with Crippen LogP contribution in [-0.2, 0) is 26.5 Å². The van der Waals surface area contributed by atoms with E-state index in [4.69, 9.17) is 9.72 Å². The van der Waals surface area contributed by atoms with E-state index in [1.165, 1.54) is 13.8 Å². The third kappa shape index (κ3) is 4.08. The molecule has 162 valence electrons. The summed E-state index contributed by atoms with van der Waals surface area (Å²) in [5.74, 6) is 0.795. The van der Waals surface area contributed by atoms with Crippen LogP contribution >= 0.6 is 0 Å². The molecular weight excluding hydrogens is 392 g/mol. The normalized spacial score (nSPS) is 18.3. The van der Waals surface area contributed by atoms with Gasteiger partial charge in [0.25, 0.3) is 0 Å². The summed E-state index contributed by atoms with van der Waals surface area (Å²) in [7, 11) is -3.72. The van der Waals surface area contributed by atoms with Gasteiger partial charge in [0, 0.05) is 31.5 Å². The van der Waals surface area contributed by atoms with Crippen LogP contribution in [0.2, 0.25) is 0 Å². The molecular formula is C21H32N2O5S. The van der Waals surface area contributed by atoms with Gasteiger partial charge in [-0.3, -0.25) is 0 Å². The molecule has 0 spiro atoms. The number of imidazole rings is 1. The van der Waals surface area contributed by atoms with Crippen molar-refractivity contribution in [3.63, 3.8) is 0 Å². The lowest BCUT2D eigenvalue weighted by Crippen LogP contribution is -2.41. The van der Waals surface area contributed by atoms with Gasteiger partial charge in [0.05, 0.1) is 39.4 Å². The molecule has 2 aromatic rings. The Morgan fingerprint density at radius 2 is 1.79 bits per heavy atom. The first kappa shape index (κ1) is 22.2. The van der Waals surface area contributed by atoms with Gasteiger partial charge >= 0.3 is 0 Å². The van der Waals surface area contributed by atoms with E-state index < -0.39 is 26.8 Å². The van der Waals surface area contributed by atoms with Crippen molar-refractivity contribution in [2.24, 2.45) is 0 Å². The Balaban J connectivity index is 2.14. The molecule has 0 unspecified atom stereocenters. The number of fused-ring (bicyclic) bond motifs is 1. The smallest absolute Gasteiger partial charge is 0.185 e. The van der Waals surface area contributed by atoms with Crippen molar-refractivity contribution in [1.29, 1.82) is 0 Å². The molecule has 1 aliphatic heterocycles. The molecule has 1 saturated heterocycles. The average Bonchev–Trinajstić information content (AvgIpc) is 2.99. The van der Waals surface area contributed by atoms with Crippen LogP contribution in [0.1, 0.15) is 53.3 Å². The van der Waals surface area contributed by atoms with E-state index in [1.54, 1.807) is 18.2 Å². The maximum Gasteiger partial charge on any atom is 0.185 e. The minimum atomic E-state index is -3.72. The van der Waals surface area contributed by atoms with E-state index in [-0.39, 0.29) is 10.3 Å². The number of aliphatic hydroxyl groups excluding tert-OH is 1. The highest BCUT2D eigenvalue weighted by atomic mass is 32.2. The predicted octanol–water partition coefficient (Wildman–Crippen LogP) is 2.42. The molecule has 29 heavy (non-hydrogen) atoms. The van der Waals surface area contributed by atoms with Crippen LogP contribution in [0.25, 0.3) is 11.0 Å². The summed E-state index contributed by atoms with van der Waals surface area (Å²) in [6, 6.07) is 4.89. The molecule has 0 amide bonds. The average molecular weight is 425 g/mol. The highest BCUT2D eigenvalue weighted by Crippen LogP contribution is 2.33. The number of ether oxygens (including phenoxy) is 1. The Kier molecular flexibility index (Phi) is 5.62. The van der Waals surface area contributed by atoms with Gasteiger partial charge in [-0.15, -0.1) is 0 Å². The van der Waals surface area contributed by atoms with Gasteiger partial charge in [0.2, 0.25) is 0 Å². The zero-order valence-corrected chi connectivity index (χ0v) is 18.7.